The molecule has 0 saturated carbocycles. The van der Waals surface area contributed by atoms with Crippen LogP contribution in [-0.4, -0.2) is 6.54 Å². The van der Waals surface area contributed by atoms with Crippen LogP contribution in [0.15, 0.2) is 18.2 Å². The highest BCUT2D eigenvalue weighted by atomic mass is 14.5. The van der Waals surface area contributed by atoms with Crippen molar-refractivity contribution in [3.8, 4) is 0 Å². The summed E-state index contributed by atoms with van der Waals surface area (Å²) in [6.07, 6.45) is 2.42. The molecule has 0 aliphatic heterocycles. The third-order valence-corrected chi connectivity index (χ3v) is 3.90. The zero-order valence-corrected chi connectivity index (χ0v) is 10.7. The van der Waals surface area contributed by atoms with Crippen LogP contribution >= 0.6 is 0 Å². The number of nitrogens with two attached hydrogens (primary N) is 1. The van der Waals surface area contributed by atoms with Gasteiger partial charge in [0.1, 0.15) is 0 Å². The van der Waals surface area contributed by atoms with Gasteiger partial charge in [-0.15, -0.1) is 0 Å². The first-order valence-electron chi connectivity index (χ1n) is 6.47. The summed E-state index contributed by atoms with van der Waals surface area (Å²) < 4.78 is 0. The molecule has 0 bridgehead atoms. The lowest BCUT2D eigenvalue weighted by atomic mass is 9.93. The largest absolute Gasteiger partial charge is 0.330 e. The SMILES string of the molecule is CC(C)c1ccc2c(c1)C(CCN)CC2C. The Hall–Kier alpha value is -0.820. The minimum absolute atomic E-state index is 0.625. The zero-order valence-electron chi connectivity index (χ0n) is 10.7. The summed E-state index contributed by atoms with van der Waals surface area (Å²) in [6, 6.07) is 7.06. The average molecular weight is 217 g/mol. The van der Waals surface area contributed by atoms with Crippen molar-refractivity contribution in [2.45, 2.75) is 51.4 Å². The van der Waals surface area contributed by atoms with Crippen molar-refractivity contribution in [1.29, 1.82) is 0 Å². The lowest BCUT2D eigenvalue weighted by molar-refractivity contribution is 0.584. The van der Waals surface area contributed by atoms with Crippen molar-refractivity contribution >= 4 is 0 Å². The molecule has 1 aromatic carbocycles. The van der Waals surface area contributed by atoms with Gasteiger partial charge in [-0.2, -0.15) is 0 Å². The number of fused-ring (bicyclic) bond motifs is 1. The van der Waals surface area contributed by atoms with E-state index >= 15 is 0 Å². The van der Waals surface area contributed by atoms with Gasteiger partial charge in [0.05, 0.1) is 0 Å². The second kappa shape index (κ2) is 4.58. The summed E-state index contributed by atoms with van der Waals surface area (Å²) >= 11 is 0. The predicted molar refractivity (Wildman–Crippen MR) is 70.0 cm³/mol. The Morgan fingerprint density at radius 3 is 2.69 bits per heavy atom. The predicted octanol–water partition coefficient (Wildman–Crippen LogP) is 3.75. The molecule has 1 aromatic rings. The van der Waals surface area contributed by atoms with Crippen LogP contribution in [0, 0.1) is 0 Å². The Labute approximate surface area is 99.0 Å². The summed E-state index contributed by atoms with van der Waals surface area (Å²) in [5.41, 5.74) is 10.3. The highest BCUT2D eigenvalue weighted by Crippen LogP contribution is 2.43. The van der Waals surface area contributed by atoms with Gasteiger partial charge < -0.3 is 5.73 Å². The first-order chi connectivity index (χ1) is 7.63. The van der Waals surface area contributed by atoms with Crippen LogP contribution in [0.5, 0.6) is 0 Å². The fourth-order valence-electron chi connectivity index (χ4n) is 2.91. The van der Waals surface area contributed by atoms with Gasteiger partial charge in [0.15, 0.2) is 0 Å². The Morgan fingerprint density at radius 1 is 1.31 bits per heavy atom. The van der Waals surface area contributed by atoms with E-state index in [0.717, 1.165) is 13.0 Å². The molecule has 1 nitrogen and oxygen atoms in total. The summed E-state index contributed by atoms with van der Waals surface area (Å²) in [7, 11) is 0. The van der Waals surface area contributed by atoms with Gasteiger partial charge in [0, 0.05) is 0 Å². The van der Waals surface area contributed by atoms with Crippen LogP contribution in [0.4, 0.5) is 0 Å². The van der Waals surface area contributed by atoms with Crippen LogP contribution in [-0.2, 0) is 0 Å². The topological polar surface area (TPSA) is 26.0 Å². The molecule has 0 saturated heterocycles. The number of hydrogen-bond acceptors (Lipinski definition) is 1. The summed E-state index contributed by atoms with van der Waals surface area (Å²) in [5.74, 6) is 2.04. The molecule has 0 radical (unpaired) electrons. The average Bonchev–Trinajstić information content (AvgIpc) is 2.56. The molecular weight excluding hydrogens is 194 g/mol. The minimum Gasteiger partial charge on any atom is -0.330 e. The van der Waals surface area contributed by atoms with E-state index in [0.29, 0.717) is 17.8 Å². The molecule has 0 amide bonds. The van der Waals surface area contributed by atoms with Crippen molar-refractivity contribution in [2.24, 2.45) is 5.73 Å². The Balaban J connectivity index is 2.35. The number of rotatable bonds is 3. The fourth-order valence-corrected chi connectivity index (χ4v) is 2.91. The molecule has 2 unspecified atom stereocenters. The van der Waals surface area contributed by atoms with Gasteiger partial charge in [-0.3, -0.25) is 0 Å². The standard InChI is InChI=1S/C15H23N/c1-10(2)12-4-5-14-11(3)8-13(6-7-16)15(14)9-12/h4-5,9-11,13H,6-8,16H2,1-3H3. The zero-order chi connectivity index (χ0) is 11.7. The second-order valence-electron chi connectivity index (χ2n) is 5.45. The molecular formula is C15H23N. The van der Waals surface area contributed by atoms with E-state index in [2.05, 4.69) is 39.0 Å². The lowest BCUT2D eigenvalue weighted by Gasteiger charge is -2.13. The summed E-state index contributed by atoms with van der Waals surface area (Å²) in [6.45, 7) is 7.67. The maximum absolute atomic E-state index is 5.71. The smallest absolute Gasteiger partial charge is 0.00714 e. The van der Waals surface area contributed by atoms with E-state index in [1.807, 2.05) is 0 Å². The quantitative estimate of drug-likeness (QED) is 0.820. The third-order valence-electron chi connectivity index (χ3n) is 3.90. The molecule has 2 N–H and O–H groups in total. The molecule has 1 heteroatoms. The van der Waals surface area contributed by atoms with Crippen molar-refractivity contribution in [2.75, 3.05) is 6.54 Å². The lowest BCUT2D eigenvalue weighted by Crippen LogP contribution is -2.05. The first-order valence-corrected chi connectivity index (χ1v) is 6.47. The third kappa shape index (κ3) is 2.01. The maximum atomic E-state index is 5.71. The van der Waals surface area contributed by atoms with Crippen molar-refractivity contribution in [3.05, 3.63) is 34.9 Å². The highest BCUT2D eigenvalue weighted by molar-refractivity contribution is 5.41. The minimum atomic E-state index is 0.625. The molecule has 16 heavy (non-hydrogen) atoms. The molecule has 2 rings (SSSR count). The maximum Gasteiger partial charge on any atom is -0.00714 e. The van der Waals surface area contributed by atoms with Gasteiger partial charge in [0.2, 0.25) is 0 Å². The molecule has 2 atom stereocenters. The van der Waals surface area contributed by atoms with E-state index in [4.69, 9.17) is 5.73 Å². The number of hydrogen-bond donors (Lipinski definition) is 1. The second-order valence-corrected chi connectivity index (χ2v) is 5.45. The van der Waals surface area contributed by atoms with Crippen LogP contribution < -0.4 is 5.73 Å². The van der Waals surface area contributed by atoms with E-state index < -0.39 is 0 Å². The molecule has 1 aliphatic carbocycles. The van der Waals surface area contributed by atoms with Crippen LogP contribution in [0.3, 0.4) is 0 Å². The summed E-state index contributed by atoms with van der Waals surface area (Å²) in [4.78, 5) is 0. The van der Waals surface area contributed by atoms with E-state index in [1.165, 1.54) is 12.0 Å². The van der Waals surface area contributed by atoms with Gasteiger partial charge in [-0.1, -0.05) is 39.0 Å². The molecule has 0 fully saturated rings. The Morgan fingerprint density at radius 2 is 2.06 bits per heavy atom. The van der Waals surface area contributed by atoms with Gasteiger partial charge in [-0.25, -0.2) is 0 Å². The fraction of sp³-hybridized carbons (Fsp3) is 0.600. The van der Waals surface area contributed by atoms with Gasteiger partial charge in [0.25, 0.3) is 0 Å². The van der Waals surface area contributed by atoms with Crippen molar-refractivity contribution in [3.63, 3.8) is 0 Å². The highest BCUT2D eigenvalue weighted by Gasteiger charge is 2.27. The van der Waals surface area contributed by atoms with Crippen molar-refractivity contribution in [1.82, 2.24) is 0 Å². The van der Waals surface area contributed by atoms with Gasteiger partial charge >= 0.3 is 0 Å². The van der Waals surface area contributed by atoms with E-state index in [9.17, 15) is 0 Å². The van der Waals surface area contributed by atoms with Gasteiger partial charge in [-0.05, 0) is 53.8 Å². The number of benzene rings is 1. The molecule has 0 aromatic heterocycles. The molecule has 0 heterocycles. The Bertz CT molecular complexity index is 368. The Kier molecular flexibility index (Phi) is 3.34. The van der Waals surface area contributed by atoms with Crippen LogP contribution in [0.25, 0.3) is 0 Å². The normalized spacial score (nSPS) is 23.8. The first kappa shape index (κ1) is 11.7. The van der Waals surface area contributed by atoms with E-state index in [-0.39, 0.29) is 0 Å². The van der Waals surface area contributed by atoms with Crippen molar-refractivity contribution < 1.29 is 0 Å². The molecule has 0 spiro atoms. The summed E-state index contributed by atoms with van der Waals surface area (Å²) in [5, 5.41) is 0. The molecule has 1 aliphatic rings. The molecule has 88 valence electrons. The van der Waals surface area contributed by atoms with Crippen LogP contribution in [0.1, 0.15) is 68.1 Å². The van der Waals surface area contributed by atoms with Crippen LogP contribution in [0.2, 0.25) is 0 Å². The van der Waals surface area contributed by atoms with E-state index in [1.54, 1.807) is 11.1 Å². The monoisotopic (exact) mass is 217 g/mol.